The predicted octanol–water partition coefficient (Wildman–Crippen LogP) is 1.65. The first-order valence-corrected chi connectivity index (χ1v) is 11.6. The summed E-state index contributed by atoms with van der Waals surface area (Å²) in [6.07, 6.45) is 1.74. The molecule has 1 saturated heterocycles. The van der Waals surface area contributed by atoms with Gasteiger partial charge in [0.25, 0.3) is 5.69 Å². The van der Waals surface area contributed by atoms with Gasteiger partial charge in [0.05, 0.1) is 11.5 Å². The van der Waals surface area contributed by atoms with Gasteiger partial charge in [0, 0.05) is 38.8 Å². The highest BCUT2D eigenvalue weighted by molar-refractivity contribution is 7.89. The number of piperazine rings is 1. The van der Waals surface area contributed by atoms with Gasteiger partial charge in [0.15, 0.2) is 4.90 Å². The fourth-order valence-corrected chi connectivity index (χ4v) is 5.10. The molecule has 2 aromatic carbocycles. The number of benzene rings is 2. The number of nitrogens with zero attached hydrogens (tertiary/aromatic N) is 3. The van der Waals surface area contributed by atoms with E-state index < -0.39 is 20.6 Å². The maximum atomic E-state index is 12.9. The van der Waals surface area contributed by atoms with Gasteiger partial charge in [-0.25, -0.2) is 8.42 Å². The number of para-hydroxylation sites is 1. The van der Waals surface area contributed by atoms with E-state index in [4.69, 9.17) is 0 Å². The summed E-state index contributed by atoms with van der Waals surface area (Å²) in [7, 11) is -3.97. The average molecular weight is 447 g/mol. The van der Waals surface area contributed by atoms with E-state index in [1.807, 2.05) is 23.1 Å². The van der Waals surface area contributed by atoms with Crippen molar-refractivity contribution in [3.63, 3.8) is 0 Å². The molecule has 1 aliphatic rings. The van der Waals surface area contributed by atoms with Crippen LogP contribution in [-0.4, -0.2) is 67.7 Å². The molecule has 31 heavy (non-hydrogen) atoms. The zero-order valence-corrected chi connectivity index (χ0v) is 18.0. The second kappa shape index (κ2) is 10.5. The molecule has 1 N–H and O–H groups in total. The molecule has 1 heterocycles. The summed E-state index contributed by atoms with van der Waals surface area (Å²) < 4.78 is 27.0. The van der Waals surface area contributed by atoms with Crippen molar-refractivity contribution in [3.8, 4) is 0 Å². The summed E-state index contributed by atoms with van der Waals surface area (Å²) in [5, 5.41) is 14.1. The van der Waals surface area contributed by atoms with Gasteiger partial charge >= 0.3 is 0 Å². The Kier molecular flexibility index (Phi) is 7.72. The van der Waals surface area contributed by atoms with Gasteiger partial charge in [-0.15, -0.1) is 0 Å². The highest BCUT2D eigenvalue weighted by Crippen LogP contribution is 2.26. The van der Waals surface area contributed by atoms with E-state index in [9.17, 15) is 23.3 Å². The summed E-state index contributed by atoms with van der Waals surface area (Å²) in [5.41, 5.74) is 0.799. The monoisotopic (exact) mass is 446 g/mol. The fraction of sp³-hybridized carbons (Fsp3) is 0.381. The Hall–Kier alpha value is -2.82. The fourth-order valence-electron chi connectivity index (χ4n) is 3.52. The summed E-state index contributed by atoms with van der Waals surface area (Å²) in [6, 6.07) is 15.4. The standard InChI is InChI=1S/C21H26N4O5S/c26-21(22-12-6-9-18-7-2-1-3-8-18)17-23-13-15-24(16-14-23)31(29,30)20-11-5-4-10-19(20)25(27)28/h1-5,7-8,10-11H,6,9,12-17H2,(H,22,26). The molecule has 0 radical (unpaired) electrons. The number of carbonyl (C=O) groups excluding carboxylic acids is 1. The highest BCUT2D eigenvalue weighted by Gasteiger charge is 2.33. The van der Waals surface area contributed by atoms with Crippen LogP contribution in [0.4, 0.5) is 5.69 Å². The van der Waals surface area contributed by atoms with Crippen molar-refractivity contribution in [1.82, 2.24) is 14.5 Å². The highest BCUT2D eigenvalue weighted by atomic mass is 32.2. The number of hydrogen-bond donors (Lipinski definition) is 1. The summed E-state index contributed by atoms with van der Waals surface area (Å²) >= 11 is 0. The van der Waals surface area contributed by atoms with Crippen LogP contribution in [0.2, 0.25) is 0 Å². The molecule has 0 saturated carbocycles. The van der Waals surface area contributed by atoms with E-state index in [-0.39, 0.29) is 30.4 Å². The molecule has 0 spiro atoms. The molecule has 1 aliphatic heterocycles. The van der Waals surface area contributed by atoms with Crippen molar-refractivity contribution in [3.05, 3.63) is 70.3 Å². The lowest BCUT2D eigenvalue weighted by Crippen LogP contribution is -2.51. The molecule has 0 atom stereocenters. The van der Waals surface area contributed by atoms with Crippen LogP contribution < -0.4 is 5.32 Å². The predicted molar refractivity (Wildman–Crippen MR) is 116 cm³/mol. The number of carbonyl (C=O) groups is 1. The first-order valence-electron chi connectivity index (χ1n) is 10.1. The third-order valence-electron chi connectivity index (χ3n) is 5.19. The Morgan fingerprint density at radius 1 is 1.00 bits per heavy atom. The van der Waals surface area contributed by atoms with Crippen molar-refractivity contribution in [2.45, 2.75) is 17.7 Å². The van der Waals surface area contributed by atoms with Crippen molar-refractivity contribution >= 4 is 21.6 Å². The van der Waals surface area contributed by atoms with E-state index in [0.29, 0.717) is 19.6 Å². The Balaban J connectivity index is 1.45. The lowest BCUT2D eigenvalue weighted by atomic mass is 10.1. The van der Waals surface area contributed by atoms with Crippen LogP contribution >= 0.6 is 0 Å². The van der Waals surface area contributed by atoms with Crippen LogP contribution in [0.5, 0.6) is 0 Å². The number of sulfonamides is 1. The zero-order chi connectivity index (χ0) is 22.3. The second-order valence-corrected chi connectivity index (χ2v) is 9.25. The third-order valence-corrected chi connectivity index (χ3v) is 7.13. The summed E-state index contributed by atoms with van der Waals surface area (Å²) in [6.45, 7) is 1.91. The Bertz CT molecular complexity index is 1010. The Morgan fingerprint density at radius 2 is 1.65 bits per heavy atom. The molecule has 0 bridgehead atoms. The van der Waals surface area contributed by atoms with Gasteiger partial charge in [-0.05, 0) is 24.5 Å². The van der Waals surface area contributed by atoms with Crippen molar-refractivity contribution < 1.29 is 18.1 Å². The molecular weight excluding hydrogens is 420 g/mol. The number of rotatable bonds is 9. The van der Waals surface area contributed by atoms with Crippen LogP contribution in [0.25, 0.3) is 0 Å². The molecule has 1 fully saturated rings. The van der Waals surface area contributed by atoms with Crippen LogP contribution in [0.1, 0.15) is 12.0 Å². The van der Waals surface area contributed by atoms with E-state index in [0.717, 1.165) is 12.8 Å². The van der Waals surface area contributed by atoms with Gasteiger partial charge in [-0.3, -0.25) is 19.8 Å². The summed E-state index contributed by atoms with van der Waals surface area (Å²) in [5.74, 6) is -0.0944. The molecule has 10 heteroatoms. The topological polar surface area (TPSA) is 113 Å². The normalized spacial score (nSPS) is 15.5. The van der Waals surface area contributed by atoms with E-state index in [1.165, 1.54) is 34.1 Å². The number of amides is 1. The SMILES string of the molecule is O=C(CN1CCN(S(=O)(=O)c2ccccc2[N+](=O)[O-])CC1)NCCCc1ccccc1. The van der Waals surface area contributed by atoms with Gasteiger partial charge in [0.2, 0.25) is 15.9 Å². The van der Waals surface area contributed by atoms with Crippen molar-refractivity contribution in [2.75, 3.05) is 39.3 Å². The lowest BCUT2D eigenvalue weighted by molar-refractivity contribution is -0.387. The average Bonchev–Trinajstić information content (AvgIpc) is 2.78. The molecule has 9 nitrogen and oxygen atoms in total. The zero-order valence-electron chi connectivity index (χ0n) is 17.1. The van der Waals surface area contributed by atoms with Gasteiger partial charge in [0.1, 0.15) is 0 Å². The maximum absolute atomic E-state index is 12.9. The molecule has 2 aromatic rings. The number of nitro benzene ring substituents is 1. The van der Waals surface area contributed by atoms with Crippen LogP contribution in [0.3, 0.4) is 0 Å². The maximum Gasteiger partial charge on any atom is 0.289 e. The van der Waals surface area contributed by atoms with E-state index in [2.05, 4.69) is 17.4 Å². The van der Waals surface area contributed by atoms with Gasteiger partial charge in [-0.1, -0.05) is 42.5 Å². The molecule has 0 aromatic heterocycles. The molecule has 1 amide bonds. The quantitative estimate of drug-likeness (QED) is 0.356. The van der Waals surface area contributed by atoms with Crippen LogP contribution in [0.15, 0.2) is 59.5 Å². The van der Waals surface area contributed by atoms with Crippen molar-refractivity contribution in [2.24, 2.45) is 0 Å². The first kappa shape index (κ1) is 22.9. The van der Waals surface area contributed by atoms with Crippen LogP contribution in [-0.2, 0) is 21.2 Å². The molecule has 0 unspecified atom stereocenters. The van der Waals surface area contributed by atoms with E-state index in [1.54, 1.807) is 0 Å². The minimum atomic E-state index is -3.97. The number of aryl methyl sites for hydroxylation is 1. The summed E-state index contributed by atoms with van der Waals surface area (Å²) in [4.78, 5) is 24.3. The van der Waals surface area contributed by atoms with E-state index >= 15 is 0 Å². The smallest absolute Gasteiger partial charge is 0.289 e. The first-order chi connectivity index (χ1) is 14.9. The van der Waals surface area contributed by atoms with Gasteiger partial charge in [-0.2, -0.15) is 4.31 Å². The number of nitrogens with one attached hydrogen (secondary N) is 1. The Labute approximate surface area is 181 Å². The Morgan fingerprint density at radius 3 is 2.32 bits per heavy atom. The second-order valence-electron chi connectivity index (χ2n) is 7.34. The molecule has 0 aliphatic carbocycles. The molecule has 166 valence electrons. The van der Waals surface area contributed by atoms with Gasteiger partial charge < -0.3 is 5.32 Å². The minimum Gasteiger partial charge on any atom is -0.355 e. The largest absolute Gasteiger partial charge is 0.355 e. The van der Waals surface area contributed by atoms with Crippen LogP contribution in [0, 0.1) is 10.1 Å². The minimum absolute atomic E-state index is 0.0944. The lowest BCUT2D eigenvalue weighted by Gasteiger charge is -2.33. The number of hydrogen-bond acceptors (Lipinski definition) is 6. The third kappa shape index (κ3) is 6.09. The molecule has 3 rings (SSSR count). The van der Waals surface area contributed by atoms with Crippen molar-refractivity contribution in [1.29, 1.82) is 0 Å². The number of nitro groups is 1. The molecular formula is C21H26N4O5S.